The highest BCUT2D eigenvalue weighted by Crippen LogP contribution is 2.24. The first-order chi connectivity index (χ1) is 9.22. The molecule has 5 heteroatoms. The minimum Gasteiger partial charge on any atom is -0.399 e. The normalized spacial score (nSPS) is 10.7. The van der Waals surface area contributed by atoms with Gasteiger partial charge >= 0.3 is 0 Å². The third kappa shape index (κ3) is 2.46. The number of nitrogens with one attached hydrogen (secondary N) is 1. The van der Waals surface area contributed by atoms with Gasteiger partial charge in [0.2, 0.25) is 0 Å². The molecular formula is C14H11N3OS. The van der Waals surface area contributed by atoms with Crippen molar-refractivity contribution in [1.82, 2.24) is 9.97 Å². The van der Waals surface area contributed by atoms with Gasteiger partial charge in [-0.05, 0) is 30.3 Å². The van der Waals surface area contributed by atoms with E-state index in [1.54, 1.807) is 18.2 Å². The fourth-order valence-corrected chi connectivity index (χ4v) is 2.59. The van der Waals surface area contributed by atoms with Gasteiger partial charge in [0.05, 0.1) is 10.9 Å². The molecule has 0 bridgehead atoms. The number of H-pyrrole nitrogens is 1. The summed E-state index contributed by atoms with van der Waals surface area (Å²) in [6.45, 7) is 0. The molecule has 0 atom stereocenters. The van der Waals surface area contributed by atoms with Crippen LogP contribution in [0.4, 0.5) is 5.69 Å². The van der Waals surface area contributed by atoms with Gasteiger partial charge in [-0.25, -0.2) is 4.98 Å². The number of anilines is 1. The van der Waals surface area contributed by atoms with E-state index < -0.39 is 0 Å². The molecule has 1 heterocycles. The smallest absolute Gasteiger partial charge is 0.259 e. The zero-order valence-electron chi connectivity index (χ0n) is 9.96. The first-order valence-corrected chi connectivity index (χ1v) is 6.56. The zero-order chi connectivity index (χ0) is 13.2. The van der Waals surface area contributed by atoms with Crippen LogP contribution in [-0.2, 0) is 0 Å². The first-order valence-electron chi connectivity index (χ1n) is 5.75. The van der Waals surface area contributed by atoms with Gasteiger partial charge in [0.15, 0.2) is 5.16 Å². The van der Waals surface area contributed by atoms with Crippen LogP contribution in [0.3, 0.4) is 0 Å². The summed E-state index contributed by atoms with van der Waals surface area (Å²) in [5, 5.41) is 1.09. The van der Waals surface area contributed by atoms with Gasteiger partial charge in [-0.15, -0.1) is 0 Å². The summed E-state index contributed by atoms with van der Waals surface area (Å²) in [6, 6.07) is 14.9. The second kappa shape index (κ2) is 4.78. The number of benzene rings is 2. The monoisotopic (exact) mass is 269 g/mol. The molecule has 0 amide bonds. The topological polar surface area (TPSA) is 71.8 Å². The average molecular weight is 269 g/mol. The van der Waals surface area contributed by atoms with Gasteiger partial charge < -0.3 is 10.7 Å². The van der Waals surface area contributed by atoms with Crippen LogP contribution in [0.15, 0.2) is 63.4 Å². The lowest BCUT2D eigenvalue weighted by Gasteiger charge is -2.03. The maximum Gasteiger partial charge on any atom is 0.259 e. The van der Waals surface area contributed by atoms with Crippen molar-refractivity contribution in [2.45, 2.75) is 10.1 Å². The zero-order valence-corrected chi connectivity index (χ0v) is 10.8. The number of rotatable bonds is 2. The number of nitrogens with zero attached hydrogens (tertiary/aromatic N) is 1. The van der Waals surface area contributed by atoms with Crippen molar-refractivity contribution in [2.75, 3.05) is 5.73 Å². The Morgan fingerprint density at radius 2 is 1.89 bits per heavy atom. The maximum absolute atomic E-state index is 12.0. The van der Waals surface area contributed by atoms with Crippen LogP contribution in [-0.4, -0.2) is 9.97 Å². The molecule has 1 aromatic heterocycles. The van der Waals surface area contributed by atoms with E-state index >= 15 is 0 Å². The van der Waals surface area contributed by atoms with Crippen LogP contribution in [0.1, 0.15) is 0 Å². The molecule has 0 saturated carbocycles. The van der Waals surface area contributed by atoms with E-state index in [9.17, 15) is 4.79 Å². The Morgan fingerprint density at radius 3 is 2.68 bits per heavy atom. The molecule has 94 valence electrons. The van der Waals surface area contributed by atoms with Gasteiger partial charge in [-0.1, -0.05) is 30.0 Å². The van der Waals surface area contributed by atoms with E-state index in [2.05, 4.69) is 9.97 Å². The third-order valence-electron chi connectivity index (χ3n) is 2.67. The Hall–Kier alpha value is -2.27. The van der Waals surface area contributed by atoms with Crippen molar-refractivity contribution in [3.63, 3.8) is 0 Å². The number of aromatic amines is 1. The highest BCUT2D eigenvalue weighted by molar-refractivity contribution is 7.99. The third-order valence-corrected chi connectivity index (χ3v) is 3.56. The molecule has 0 aliphatic heterocycles. The van der Waals surface area contributed by atoms with Crippen molar-refractivity contribution in [3.8, 4) is 0 Å². The van der Waals surface area contributed by atoms with Crippen molar-refractivity contribution in [2.24, 2.45) is 0 Å². The van der Waals surface area contributed by atoms with E-state index in [-0.39, 0.29) is 5.56 Å². The number of hydrogen-bond donors (Lipinski definition) is 2. The van der Waals surface area contributed by atoms with E-state index in [1.165, 1.54) is 11.8 Å². The molecule has 3 aromatic rings. The van der Waals surface area contributed by atoms with E-state index in [4.69, 9.17) is 5.73 Å². The Labute approximate surface area is 113 Å². The van der Waals surface area contributed by atoms with Crippen LogP contribution in [0.2, 0.25) is 0 Å². The molecule has 3 rings (SSSR count). The molecule has 0 unspecified atom stereocenters. The quantitative estimate of drug-likeness (QED) is 0.554. The average Bonchev–Trinajstić information content (AvgIpc) is 2.41. The number of hydrogen-bond acceptors (Lipinski definition) is 4. The molecule has 19 heavy (non-hydrogen) atoms. The molecule has 0 aliphatic carbocycles. The van der Waals surface area contributed by atoms with Gasteiger partial charge in [-0.3, -0.25) is 4.79 Å². The van der Waals surface area contributed by atoms with Crippen molar-refractivity contribution in [1.29, 1.82) is 0 Å². The Kier molecular flexibility index (Phi) is 2.97. The van der Waals surface area contributed by atoms with Crippen LogP contribution >= 0.6 is 11.8 Å². The minimum absolute atomic E-state index is 0.171. The van der Waals surface area contributed by atoms with Gasteiger partial charge in [0, 0.05) is 10.6 Å². The Morgan fingerprint density at radius 1 is 1.11 bits per heavy atom. The summed E-state index contributed by atoms with van der Waals surface area (Å²) in [4.78, 5) is 20.2. The Bertz CT molecular complexity index is 784. The summed E-state index contributed by atoms with van der Waals surface area (Å²) in [7, 11) is 0. The number of nitrogens with two attached hydrogens (primary N) is 1. The van der Waals surface area contributed by atoms with Crippen LogP contribution < -0.4 is 11.3 Å². The maximum atomic E-state index is 12.0. The molecule has 4 nitrogen and oxygen atoms in total. The molecule has 0 saturated heterocycles. The summed E-state index contributed by atoms with van der Waals surface area (Å²) in [6.07, 6.45) is 0. The van der Waals surface area contributed by atoms with Crippen molar-refractivity contribution < 1.29 is 0 Å². The minimum atomic E-state index is -0.171. The molecule has 0 fully saturated rings. The predicted molar refractivity (Wildman–Crippen MR) is 77.3 cm³/mol. The predicted octanol–water partition coefficient (Wildman–Crippen LogP) is 2.66. The molecule has 0 spiro atoms. The van der Waals surface area contributed by atoms with Crippen LogP contribution in [0.5, 0.6) is 0 Å². The lowest BCUT2D eigenvalue weighted by atomic mass is 10.2. The van der Waals surface area contributed by atoms with Crippen molar-refractivity contribution in [3.05, 3.63) is 58.9 Å². The molecular weight excluding hydrogens is 258 g/mol. The molecule has 2 aromatic carbocycles. The van der Waals surface area contributed by atoms with Crippen LogP contribution in [0.25, 0.3) is 10.9 Å². The van der Waals surface area contributed by atoms with Crippen molar-refractivity contribution >= 4 is 28.4 Å². The van der Waals surface area contributed by atoms with E-state index in [0.717, 1.165) is 4.90 Å². The van der Waals surface area contributed by atoms with Gasteiger partial charge in [0.1, 0.15) is 0 Å². The van der Waals surface area contributed by atoms with Gasteiger partial charge in [-0.2, -0.15) is 0 Å². The first kappa shape index (κ1) is 11.8. The molecule has 0 radical (unpaired) electrons. The highest BCUT2D eigenvalue weighted by Gasteiger charge is 2.05. The fourth-order valence-electron chi connectivity index (χ4n) is 1.78. The second-order valence-electron chi connectivity index (χ2n) is 4.06. The number of nitrogen functional groups attached to an aromatic ring is 1. The van der Waals surface area contributed by atoms with Crippen LogP contribution in [0, 0.1) is 0 Å². The summed E-state index contributed by atoms with van der Waals surface area (Å²) >= 11 is 1.42. The fraction of sp³-hybridized carbons (Fsp3) is 0. The summed E-state index contributed by atoms with van der Waals surface area (Å²) in [5.74, 6) is 0. The van der Waals surface area contributed by atoms with Gasteiger partial charge in [0.25, 0.3) is 5.56 Å². The second-order valence-corrected chi connectivity index (χ2v) is 5.13. The van der Waals surface area contributed by atoms with E-state index in [0.29, 0.717) is 21.7 Å². The highest BCUT2D eigenvalue weighted by atomic mass is 32.2. The SMILES string of the molecule is Nc1ccc2nc(Sc3ccccc3)[nH]c(=O)c2c1. The summed E-state index contributed by atoms with van der Waals surface area (Å²) < 4.78 is 0. The Balaban J connectivity index is 2.07. The largest absolute Gasteiger partial charge is 0.399 e. The standard InChI is InChI=1S/C14H11N3OS/c15-9-6-7-12-11(8-9)13(18)17-14(16-12)19-10-4-2-1-3-5-10/h1-8H,15H2,(H,16,17,18). The van der Waals surface area contributed by atoms with E-state index in [1.807, 2.05) is 30.3 Å². The lowest BCUT2D eigenvalue weighted by molar-refractivity contribution is 0.974. The lowest BCUT2D eigenvalue weighted by Crippen LogP contribution is -2.09. The summed E-state index contributed by atoms with van der Waals surface area (Å²) in [5.41, 5.74) is 6.71. The molecule has 3 N–H and O–H groups in total. The molecule has 0 aliphatic rings. The number of aromatic nitrogens is 2. The number of fused-ring (bicyclic) bond motifs is 1.